The molecule has 0 aliphatic rings. The van der Waals surface area contributed by atoms with Gasteiger partial charge in [-0.2, -0.15) is 13.2 Å². The fourth-order valence-electron chi connectivity index (χ4n) is 1.43. The van der Waals surface area contributed by atoms with Gasteiger partial charge in [0.15, 0.2) is 0 Å². The maximum Gasteiger partial charge on any atom is 0.573 e. The minimum atomic E-state index is -5.31. The summed E-state index contributed by atoms with van der Waals surface area (Å²) in [5.74, 6) is -2.08. The summed E-state index contributed by atoms with van der Waals surface area (Å²) in [4.78, 5) is 9.83. The van der Waals surface area contributed by atoms with E-state index in [4.69, 9.17) is 0 Å². The molecule has 112 valence electrons. The van der Waals surface area contributed by atoms with Gasteiger partial charge < -0.3 is 4.74 Å². The summed E-state index contributed by atoms with van der Waals surface area (Å²) < 4.78 is 78.4. The topological polar surface area (TPSA) is 26.3 Å². The highest BCUT2D eigenvalue weighted by atomic mass is 79.9. The van der Waals surface area contributed by atoms with Crippen LogP contribution >= 0.6 is 15.9 Å². The van der Waals surface area contributed by atoms with E-state index < -0.39 is 40.0 Å². The molecule has 1 aromatic rings. The molecule has 9 heteroatoms. The zero-order chi connectivity index (χ0) is 15.7. The van der Waals surface area contributed by atoms with Crippen LogP contribution in [0.15, 0.2) is 18.2 Å². The zero-order valence-corrected chi connectivity index (χ0v) is 11.4. The maximum atomic E-state index is 12.7. The summed E-state index contributed by atoms with van der Waals surface area (Å²) in [6.45, 7) is 1.02. The number of carbonyl (C=O) groups is 1. The highest BCUT2D eigenvalue weighted by Gasteiger charge is 2.41. The third kappa shape index (κ3) is 4.12. The number of hydrogen-bond donors (Lipinski definition) is 0. The molecule has 0 radical (unpaired) electrons. The molecule has 0 aliphatic heterocycles. The molecule has 0 fully saturated rings. The lowest BCUT2D eigenvalue weighted by molar-refractivity contribution is -0.276. The van der Waals surface area contributed by atoms with E-state index >= 15 is 0 Å². The Bertz CT molecular complexity index is 509. The lowest BCUT2D eigenvalue weighted by atomic mass is 10.0. The first-order valence-electron chi connectivity index (χ1n) is 5.04. The summed E-state index contributed by atoms with van der Waals surface area (Å²) in [6.07, 6.45) is -10.3. The molecule has 1 unspecified atom stereocenters. The average molecular weight is 365 g/mol. The Morgan fingerprint density at radius 2 is 1.75 bits per heavy atom. The molecule has 20 heavy (non-hydrogen) atoms. The molecule has 0 heterocycles. The van der Waals surface area contributed by atoms with Crippen molar-refractivity contribution < 1.29 is 35.9 Å². The van der Waals surface area contributed by atoms with Gasteiger partial charge >= 0.3 is 12.5 Å². The Labute approximate surface area is 117 Å². The number of halogens is 7. The molecule has 1 rings (SSSR count). The summed E-state index contributed by atoms with van der Waals surface area (Å²) in [5, 5.41) is 0. The van der Waals surface area contributed by atoms with Gasteiger partial charge in [0, 0.05) is 5.56 Å². The largest absolute Gasteiger partial charge is 0.573 e. The van der Waals surface area contributed by atoms with Crippen LogP contribution in [0.1, 0.15) is 22.9 Å². The molecule has 0 aromatic heterocycles. The van der Waals surface area contributed by atoms with Crippen LogP contribution in [-0.4, -0.2) is 12.1 Å². The van der Waals surface area contributed by atoms with E-state index in [-0.39, 0.29) is 0 Å². The van der Waals surface area contributed by atoms with Crippen LogP contribution in [0.5, 0.6) is 5.75 Å². The van der Waals surface area contributed by atoms with Crippen LogP contribution in [-0.2, 0) is 11.0 Å². The van der Waals surface area contributed by atoms with Crippen LogP contribution in [0, 0.1) is 0 Å². The van der Waals surface area contributed by atoms with E-state index in [0.717, 1.165) is 19.1 Å². The van der Waals surface area contributed by atoms with E-state index in [1.165, 1.54) is 0 Å². The number of carbonyl (C=O) groups excluding carboxylic acids is 1. The number of Topliss-reactive ketones (excluding diaryl/α,β-unsaturated/α-hetero) is 1. The Morgan fingerprint density at radius 3 is 2.15 bits per heavy atom. The molecule has 2 nitrogen and oxygen atoms in total. The molecule has 0 saturated heterocycles. The van der Waals surface area contributed by atoms with Crippen LogP contribution in [0.2, 0.25) is 0 Å². The van der Waals surface area contributed by atoms with Gasteiger partial charge in [0.1, 0.15) is 16.4 Å². The summed E-state index contributed by atoms with van der Waals surface area (Å²) in [6, 6.07) is 2.31. The number of para-hydroxylation sites is 1. The molecule has 0 aliphatic carbocycles. The number of ether oxygens (including phenoxy) is 1. The second kappa shape index (κ2) is 5.63. The maximum absolute atomic E-state index is 12.7. The second-order valence-corrected chi connectivity index (χ2v) is 4.66. The number of hydrogen-bond acceptors (Lipinski definition) is 2. The normalized spacial score (nSPS) is 14.0. The molecule has 0 amide bonds. The molecule has 0 saturated carbocycles. The monoisotopic (exact) mass is 364 g/mol. The van der Waals surface area contributed by atoms with E-state index in [0.29, 0.717) is 6.07 Å². The van der Waals surface area contributed by atoms with E-state index in [2.05, 4.69) is 20.7 Å². The molecule has 1 aromatic carbocycles. The van der Waals surface area contributed by atoms with Crippen LogP contribution in [0.4, 0.5) is 26.3 Å². The molecular formula is C11H7BrF6O2. The van der Waals surface area contributed by atoms with Gasteiger partial charge in [0.2, 0.25) is 0 Å². The van der Waals surface area contributed by atoms with E-state index in [1.54, 1.807) is 0 Å². The van der Waals surface area contributed by atoms with Crippen LogP contribution < -0.4 is 4.74 Å². The van der Waals surface area contributed by atoms with Crippen molar-refractivity contribution in [3.63, 3.8) is 0 Å². The van der Waals surface area contributed by atoms with Gasteiger partial charge in [-0.05, 0) is 13.0 Å². The highest BCUT2D eigenvalue weighted by Crippen LogP contribution is 2.44. The Morgan fingerprint density at radius 1 is 1.20 bits per heavy atom. The summed E-state index contributed by atoms with van der Waals surface area (Å²) in [5.41, 5.74) is -2.14. The average Bonchev–Trinajstić information content (AvgIpc) is 2.24. The third-order valence-corrected chi connectivity index (χ3v) is 3.34. The zero-order valence-electron chi connectivity index (χ0n) is 9.77. The SMILES string of the molecule is CC(=O)C(Br)c1cccc(C(F)(F)F)c1OC(F)(F)F. The third-order valence-electron chi connectivity index (χ3n) is 2.20. The van der Waals surface area contributed by atoms with Crippen LogP contribution in [0.25, 0.3) is 0 Å². The molecular weight excluding hydrogens is 358 g/mol. The smallest absolute Gasteiger partial charge is 0.405 e. The minimum Gasteiger partial charge on any atom is -0.405 e. The number of alkyl halides is 7. The van der Waals surface area contributed by atoms with Gasteiger partial charge in [-0.15, -0.1) is 13.2 Å². The standard InChI is InChI=1S/C11H7BrF6O2/c1-5(19)8(12)6-3-2-4-7(10(13,14)15)9(6)20-11(16,17)18/h2-4,8H,1H3. The Hall–Kier alpha value is -1.25. The van der Waals surface area contributed by atoms with Crippen molar-refractivity contribution >= 4 is 21.7 Å². The van der Waals surface area contributed by atoms with Crippen molar-refractivity contribution in [1.82, 2.24) is 0 Å². The molecule has 0 spiro atoms. The number of benzene rings is 1. The quantitative estimate of drug-likeness (QED) is 0.577. The first-order chi connectivity index (χ1) is 8.93. The fraction of sp³-hybridized carbons (Fsp3) is 0.364. The van der Waals surface area contributed by atoms with Gasteiger partial charge in [0.25, 0.3) is 0 Å². The number of ketones is 1. The Balaban J connectivity index is 3.48. The lowest BCUT2D eigenvalue weighted by Gasteiger charge is -2.20. The second-order valence-electron chi connectivity index (χ2n) is 3.74. The van der Waals surface area contributed by atoms with Crippen molar-refractivity contribution in [3.05, 3.63) is 29.3 Å². The molecule has 1 atom stereocenters. The van der Waals surface area contributed by atoms with E-state index in [1.807, 2.05) is 0 Å². The summed E-state index contributed by atoms with van der Waals surface area (Å²) in [7, 11) is 0. The van der Waals surface area contributed by atoms with Crippen LogP contribution in [0.3, 0.4) is 0 Å². The lowest BCUT2D eigenvalue weighted by Crippen LogP contribution is -2.22. The minimum absolute atomic E-state index is 0.449. The van der Waals surface area contributed by atoms with E-state index in [9.17, 15) is 31.1 Å². The van der Waals surface area contributed by atoms with Crippen molar-refractivity contribution in [3.8, 4) is 5.75 Å². The van der Waals surface area contributed by atoms with Gasteiger partial charge in [0.05, 0.1) is 5.56 Å². The Kier molecular flexibility index (Phi) is 4.73. The predicted octanol–water partition coefficient (Wildman–Crippen LogP) is 4.63. The highest BCUT2D eigenvalue weighted by molar-refractivity contribution is 9.09. The molecule has 0 bridgehead atoms. The van der Waals surface area contributed by atoms with Gasteiger partial charge in [-0.3, -0.25) is 4.79 Å². The molecule has 0 N–H and O–H groups in total. The summed E-state index contributed by atoms with van der Waals surface area (Å²) >= 11 is 2.75. The van der Waals surface area contributed by atoms with Crippen molar-refractivity contribution in [2.75, 3.05) is 0 Å². The predicted molar refractivity (Wildman–Crippen MR) is 60.5 cm³/mol. The van der Waals surface area contributed by atoms with Gasteiger partial charge in [-0.25, -0.2) is 0 Å². The number of rotatable bonds is 3. The van der Waals surface area contributed by atoms with Crippen molar-refractivity contribution in [2.24, 2.45) is 0 Å². The van der Waals surface area contributed by atoms with Crippen molar-refractivity contribution in [2.45, 2.75) is 24.3 Å². The first kappa shape index (κ1) is 16.8. The first-order valence-corrected chi connectivity index (χ1v) is 5.95. The van der Waals surface area contributed by atoms with Crippen molar-refractivity contribution in [1.29, 1.82) is 0 Å². The fourth-order valence-corrected chi connectivity index (χ4v) is 1.79. The van der Waals surface area contributed by atoms with Gasteiger partial charge in [-0.1, -0.05) is 28.1 Å².